The van der Waals surface area contributed by atoms with E-state index in [1.165, 1.54) is 9.75 Å². The Hall–Kier alpha value is 0.01000. The van der Waals surface area contributed by atoms with Crippen LogP contribution in [0.5, 0.6) is 0 Å². The fraction of sp³-hybridized carbons (Fsp3) is 0.556. The van der Waals surface area contributed by atoms with Crippen molar-refractivity contribution < 1.29 is 0 Å². The summed E-state index contributed by atoms with van der Waals surface area (Å²) >= 11 is 3.71. The predicted octanol–water partition coefficient (Wildman–Crippen LogP) is 2.81. The highest BCUT2D eigenvalue weighted by atomic mass is 32.2. The van der Waals surface area contributed by atoms with Gasteiger partial charge in [0, 0.05) is 21.5 Å². The van der Waals surface area contributed by atoms with Crippen molar-refractivity contribution in [1.82, 2.24) is 0 Å². The van der Waals surface area contributed by atoms with Crippen LogP contribution >= 0.6 is 23.1 Å². The number of thioether (sulfide) groups is 1. The quantitative estimate of drug-likeness (QED) is 0.810. The van der Waals surface area contributed by atoms with Gasteiger partial charge in [0.2, 0.25) is 0 Å². The second-order valence-corrected chi connectivity index (χ2v) is 5.35. The lowest BCUT2D eigenvalue weighted by Crippen LogP contribution is -2.11. The first-order valence-corrected chi connectivity index (χ1v) is 6.10. The third-order valence-corrected chi connectivity index (χ3v) is 3.76. The second-order valence-electron chi connectivity index (χ2n) is 2.71. The van der Waals surface area contributed by atoms with Crippen molar-refractivity contribution in [3.63, 3.8) is 0 Å². The van der Waals surface area contributed by atoms with Crippen molar-refractivity contribution in [2.45, 2.75) is 19.9 Å². The molecule has 0 aliphatic heterocycles. The van der Waals surface area contributed by atoms with E-state index in [0.717, 1.165) is 11.5 Å². The third kappa shape index (κ3) is 2.81. The van der Waals surface area contributed by atoms with Crippen molar-refractivity contribution in [2.24, 2.45) is 5.73 Å². The lowest BCUT2D eigenvalue weighted by Gasteiger charge is -2.07. The van der Waals surface area contributed by atoms with Crippen LogP contribution in [0.4, 0.5) is 0 Å². The predicted molar refractivity (Wildman–Crippen MR) is 59.0 cm³/mol. The smallest absolute Gasteiger partial charge is 0.0481 e. The molecule has 3 heteroatoms. The summed E-state index contributed by atoms with van der Waals surface area (Å²) < 4.78 is 0. The van der Waals surface area contributed by atoms with Gasteiger partial charge in [-0.1, -0.05) is 6.92 Å². The average Bonchev–Trinajstić information content (AvgIpc) is 2.47. The highest BCUT2D eigenvalue weighted by Crippen LogP contribution is 2.23. The van der Waals surface area contributed by atoms with E-state index in [4.69, 9.17) is 5.73 Å². The summed E-state index contributed by atoms with van der Waals surface area (Å²) in [4.78, 5) is 2.66. The maximum Gasteiger partial charge on any atom is 0.0481 e. The molecule has 0 saturated carbocycles. The molecule has 68 valence electrons. The molecule has 1 aromatic rings. The van der Waals surface area contributed by atoms with Crippen molar-refractivity contribution in [3.05, 3.63) is 21.9 Å². The topological polar surface area (TPSA) is 26.0 Å². The molecule has 0 saturated heterocycles. The minimum Gasteiger partial charge on any atom is -0.323 e. The summed E-state index contributed by atoms with van der Waals surface area (Å²) in [6.07, 6.45) is 0. The lowest BCUT2D eigenvalue weighted by atomic mass is 10.3. The molecule has 12 heavy (non-hydrogen) atoms. The molecule has 1 aromatic heterocycles. The Kier molecular flexibility index (Phi) is 4.12. The Morgan fingerprint density at radius 3 is 2.83 bits per heavy atom. The lowest BCUT2D eigenvalue weighted by molar-refractivity contribution is 0.852. The number of nitrogens with two attached hydrogens (primary N) is 1. The van der Waals surface area contributed by atoms with E-state index in [0.29, 0.717) is 0 Å². The van der Waals surface area contributed by atoms with E-state index in [9.17, 15) is 0 Å². The van der Waals surface area contributed by atoms with Gasteiger partial charge in [-0.3, -0.25) is 0 Å². The minimum absolute atomic E-state index is 0.230. The highest BCUT2D eigenvalue weighted by molar-refractivity contribution is 7.99. The zero-order valence-corrected chi connectivity index (χ0v) is 9.17. The summed E-state index contributed by atoms with van der Waals surface area (Å²) in [5.74, 6) is 2.19. The molecule has 0 fully saturated rings. The van der Waals surface area contributed by atoms with Crippen LogP contribution in [0.3, 0.4) is 0 Å². The van der Waals surface area contributed by atoms with Crippen molar-refractivity contribution >= 4 is 23.1 Å². The fourth-order valence-corrected chi connectivity index (χ4v) is 2.63. The molecule has 1 nitrogen and oxygen atoms in total. The van der Waals surface area contributed by atoms with Crippen LogP contribution in [0.1, 0.15) is 22.7 Å². The maximum absolute atomic E-state index is 5.98. The molecule has 0 aliphatic rings. The number of hydrogen-bond donors (Lipinski definition) is 1. The second kappa shape index (κ2) is 4.90. The van der Waals surface area contributed by atoms with Gasteiger partial charge in [0.15, 0.2) is 0 Å². The van der Waals surface area contributed by atoms with Crippen LogP contribution in [0.25, 0.3) is 0 Å². The number of thiophene rings is 1. The molecule has 1 atom stereocenters. The van der Waals surface area contributed by atoms with Crippen LogP contribution in [-0.2, 0) is 0 Å². The standard InChI is InChI=1S/C9H15NS2/c1-3-11-6-8(10)9-5-4-7(2)12-9/h4-5,8H,3,6,10H2,1-2H3. The summed E-state index contributed by atoms with van der Waals surface area (Å²) in [5, 5.41) is 0. The first kappa shape index (κ1) is 10.1. The number of aryl methyl sites for hydroxylation is 1. The van der Waals surface area contributed by atoms with Gasteiger partial charge in [-0.05, 0) is 24.8 Å². The van der Waals surface area contributed by atoms with E-state index >= 15 is 0 Å². The molecule has 0 amide bonds. The molecule has 0 spiro atoms. The monoisotopic (exact) mass is 201 g/mol. The molecule has 1 heterocycles. The van der Waals surface area contributed by atoms with Gasteiger partial charge in [0.25, 0.3) is 0 Å². The van der Waals surface area contributed by atoms with Gasteiger partial charge in [0.1, 0.15) is 0 Å². The van der Waals surface area contributed by atoms with Gasteiger partial charge >= 0.3 is 0 Å². The Bertz CT molecular complexity index is 232. The normalized spacial score (nSPS) is 13.2. The average molecular weight is 201 g/mol. The van der Waals surface area contributed by atoms with Gasteiger partial charge < -0.3 is 5.73 Å². The van der Waals surface area contributed by atoms with Crippen LogP contribution in [0, 0.1) is 6.92 Å². The van der Waals surface area contributed by atoms with E-state index in [2.05, 4.69) is 26.0 Å². The fourth-order valence-electron chi connectivity index (χ4n) is 0.980. The maximum atomic E-state index is 5.98. The molecule has 2 N–H and O–H groups in total. The molecule has 1 unspecified atom stereocenters. The first-order chi connectivity index (χ1) is 5.74. The zero-order chi connectivity index (χ0) is 8.97. The van der Waals surface area contributed by atoms with Crippen molar-refractivity contribution in [1.29, 1.82) is 0 Å². The number of hydrogen-bond acceptors (Lipinski definition) is 3. The van der Waals surface area contributed by atoms with Crippen molar-refractivity contribution in [3.8, 4) is 0 Å². The Morgan fingerprint density at radius 1 is 1.58 bits per heavy atom. The Morgan fingerprint density at radius 2 is 2.33 bits per heavy atom. The Balaban J connectivity index is 2.47. The van der Waals surface area contributed by atoms with Gasteiger partial charge in [-0.25, -0.2) is 0 Å². The molecule has 0 aromatic carbocycles. The molecule has 1 rings (SSSR count). The van der Waals surface area contributed by atoms with Crippen LogP contribution < -0.4 is 5.73 Å². The van der Waals surface area contributed by atoms with Crippen LogP contribution in [-0.4, -0.2) is 11.5 Å². The number of rotatable bonds is 4. The van der Waals surface area contributed by atoms with Crippen LogP contribution in [0.15, 0.2) is 12.1 Å². The van der Waals surface area contributed by atoms with Gasteiger partial charge in [-0.15, -0.1) is 11.3 Å². The molecular formula is C9H15NS2. The SMILES string of the molecule is CCSCC(N)c1ccc(C)s1. The summed E-state index contributed by atoms with van der Waals surface area (Å²) in [5.41, 5.74) is 5.98. The minimum atomic E-state index is 0.230. The van der Waals surface area contributed by atoms with Crippen molar-refractivity contribution in [2.75, 3.05) is 11.5 Å². The highest BCUT2D eigenvalue weighted by Gasteiger charge is 2.06. The van der Waals surface area contributed by atoms with E-state index < -0.39 is 0 Å². The molecular weight excluding hydrogens is 186 g/mol. The first-order valence-electron chi connectivity index (χ1n) is 4.13. The summed E-state index contributed by atoms with van der Waals surface area (Å²) in [6.45, 7) is 4.28. The third-order valence-electron chi connectivity index (χ3n) is 1.63. The Labute approximate surface area is 82.4 Å². The van der Waals surface area contributed by atoms with Crippen LogP contribution in [0.2, 0.25) is 0 Å². The van der Waals surface area contributed by atoms with Gasteiger partial charge in [-0.2, -0.15) is 11.8 Å². The summed E-state index contributed by atoms with van der Waals surface area (Å²) in [7, 11) is 0. The van der Waals surface area contributed by atoms with E-state index in [1.807, 2.05) is 23.1 Å². The largest absolute Gasteiger partial charge is 0.323 e. The summed E-state index contributed by atoms with van der Waals surface area (Å²) in [6, 6.07) is 4.51. The van der Waals surface area contributed by atoms with Gasteiger partial charge in [0.05, 0.1) is 0 Å². The molecule has 0 aliphatic carbocycles. The zero-order valence-electron chi connectivity index (χ0n) is 7.54. The molecule has 0 radical (unpaired) electrons. The molecule has 0 bridgehead atoms. The van der Waals surface area contributed by atoms with E-state index in [1.54, 1.807) is 0 Å². The van der Waals surface area contributed by atoms with E-state index in [-0.39, 0.29) is 6.04 Å².